The minimum atomic E-state index is -0.648. The number of aryl methyl sites for hydroxylation is 1. The number of carbonyl (C=O) groups excluding carboxylic acids is 2. The predicted molar refractivity (Wildman–Crippen MR) is 94.0 cm³/mol. The number of para-hydroxylation sites is 3. The molecule has 0 atom stereocenters. The normalized spacial score (nSPS) is 10.0. The monoisotopic (exact) mass is 358 g/mol. The van der Waals surface area contributed by atoms with E-state index in [0.717, 1.165) is 5.56 Å². The van der Waals surface area contributed by atoms with Crippen molar-refractivity contribution >= 4 is 23.3 Å². The first-order chi connectivity index (χ1) is 12.5. The van der Waals surface area contributed by atoms with E-state index in [0.29, 0.717) is 12.2 Å². The van der Waals surface area contributed by atoms with Crippen molar-refractivity contribution in [1.29, 1.82) is 0 Å². The first kappa shape index (κ1) is 18.9. The molecule has 0 aliphatic rings. The first-order valence-corrected chi connectivity index (χ1v) is 7.82. The van der Waals surface area contributed by atoms with Crippen LogP contribution >= 0.6 is 0 Å². The summed E-state index contributed by atoms with van der Waals surface area (Å²) in [6.07, 6.45) is 0.494. The molecule has 8 nitrogen and oxygen atoms in total. The number of amides is 1. The van der Waals surface area contributed by atoms with Crippen LogP contribution in [-0.4, -0.2) is 30.5 Å². The molecule has 0 saturated heterocycles. The maximum atomic E-state index is 11.8. The Bertz CT molecular complexity index is 806. The fourth-order valence-electron chi connectivity index (χ4n) is 2.29. The van der Waals surface area contributed by atoms with Crippen LogP contribution in [0.3, 0.4) is 0 Å². The Morgan fingerprint density at radius 1 is 1.12 bits per heavy atom. The molecule has 0 radical (unpaired) electrons. The van der Waals surface area contributed by atoms with Crippen molar-refractivity contribution in [2.45, 2.75) is 12.8 Å². The van der Waals surface area contributed by atoms with Gasteiger partial charge >= 0.3 is 5.97 Å². The van der Waals surface area contributed by atoms with Crippen molar-refractivity contribution in [2.75, 3.05) is 19.0 Å². The van der Waals surface area contributed by atoms with Gasteiger partial charge in [-0.1, -0.05) is 30.3 Å². The highest BCUT2D eigenvalue weighted by molar-refractivity contribution is 5.94. The Labute approximate surface area is 149 Å². The Balaban J connectivity index is 1.82. The summed E-state index contributed by atoms with van der Waals surface area (Å²) in [6.45, 7) is -0.517. The highest BCUT2D eigenvalue weighted by Gasteiger charge is 2.16. The molecule has 136 valence electrons. The number of carbonyl (C=O) groups is 2. The van der Waals surface area contributed by atoms with Gasteiger partial charge in [-0.2, -0.15) is 0 Å². The van der Waals surface area contributed by atoms with E-state index in [1.165, 1.54) is 18.2 Å². The Kier molecular flexibility index (Phi) is 6.67. The number of hydrogen-bond acceptors (Lipinski definition) is 6. The van der Waals surface area contributed by atoms with Crippen LogP contribution in [0.1, 0.15) is 12.0 Å². The van der Waals surface area contributed by atoms with Crippen molar-refractivity contribution in [3.8, 4) is 5.75 Å². The van der Waals surface area contributed by atoms with Gasteiger partial charge in [0.05, 0.1) is 12.0 Å². The van der Waals surface area contributed by atoms with E-state index in [1.54, 1.807) is 19.2 Å². The lowest BCUT2D eigenvalue weighted by Crippen LogP contribution is -2.21. The second kappa shape index (κ2) is 9.16. The largest absolute Gasteiger partial charge is 0.496 e. The minimum absolute atomic E-state index is 0.0487. The first-order valence-electron chi connectivity index (χ1n) is 7.82. The number of hydrogen-bond donors (Lipinski definition) is 1. The van der Waals surface area contributed by atoms with Crippen molar-refractivity contribution in [1.82, 2.24) is 0 Å². The van der Waals surface area contributed by atoms with Gasteiger partial charge in [-0.05, 0) is 24.1 Å². The summed E-state index contributed by atoms with van der Waals surface area (Å²) in [6, 6.07) is 13.0. The number of rotatable bonds is 8. The van der Waals surface area contributed by atoms with Crippen molar-refractivity contribution in [3.63, 3.8) is 0 Å². The van der Waals surface area contributed by atoms with Gasteiger partial charge < -0.3 is 14.8 Å². The minimum Gasteiger partial charge on any atom is -0.496 e. The number of ether oxygens (including phenoxy) is 2. The predicted octanol–water partition coefficient (Wildman–Crippen LogP) is 2.72. The number of esters is 1. The topological polar surface area (TPSA) is 108 Å². The molecule has 0 fully saturated rings. The maximum absolute atomic E-state index is 11.8. The van der Waals surface area contributed by atoms with Gasteiger partial charge in [0, 0.05) is 12.5 Å². The third-order valence-electron chi connectivity index (χ3n) is 3.53. The number of nitro benzene ring substituents is 1. The van der Waals surface area contributed by atoms with E-state index in [-0.39, 0.29) is 17.8 Å². The van der Waals surface area contributed by atoms with Crippen LogP contribution in [0.5, 0.6) is 5.75 Å². The number of benzene rings is 2. The summed E-state index contributed by atoms with van der Waals surface area (Å²) in [4.78, 5) is 33.9. The highest BCUT2D eigenvalue weighted by Crippen LogP contribution is 2.23. The third-order valence-corrected chi connectivity index (χ3v) is 3.53. The lowest BCUT2D eigenvalue weighted by Gasteiger charge is -2.09. The van der Waals surface area contributed by atoms with Crippen LogP contribution in [0.4, 0.5) is 11.4 Å². The fraction of sp³-hybridized carbons (Fsp3) is 0.222. The molecule has 0 heterocycles. The average Bonchev–Trinajstić information content (AvgIpc) is 2.65. The van der Waals surface area contributed by atoms with Crippen molar-refractivity contribution in [3.05, 3.63) is 64.2 Å². The van der Waals surface area contributed by atoms with Crippen LogP contribution < -0.4 is 10.1 Å². The number of anilines is 1. The van der Waals surface area contributed by atoms with Gasteiger partial charge in [0.25, 0.3) is 11.6 Å². The molecule has 2 aromatic carbocycles. The van der Waals surface area contributed by atoms with E-state index < -0.39 is 23.4 Å². The van der Waals surface area contributed by atoms with Crippen LogP contribution in [0, 0.1) is 10.1 Å². The SMILES string of the molecule is COc1ccccc1CCC(=O)OCC(=O)Nc1ccccc1[N+](=O)[O-]. The van der Waals surface area contributed by atoms with Gasteiger partial charge in [0.2, 0.25) is 0 Å². The van der Waals surface area contributed by atoms with Crippen LogP contribution in [0.25, 0.3) is 0 Å². The second-order valence-electron chi connectivity index (χ2n) is 5.29. The smallest absolute Gasteiger partial charge is 0.306 e. The summed E-state index contributed by atoms with van der Waals surface area (Å²) in [5.74, 6) is -0.520. The number of nitrogens with zero attached hydrogens (tertiary/aromatic N) is 1. The van der Waals surface area contributed by atoms with Gasteiger partial charge in [0.1, 0.15) is 11.4 Å². The summed E-state index contributed by atoms with van der Waals surface area (Å²) >= 11 is 0. The van der Waals surface area contributed by atoms with Crippen LogP contribution in [-0.2, 0) is 20.7 Å². The van der Waals surface area contributed by atoms with Crippen LogP contribution in [0.15, 0.2) is 48.5 Å². The zero-order valence-electron chi connectivity index (χ0n) is 14.1. The van der Waals surface area contributed by atoms with E-state index in [2.05, 4.69) is 5.32 Å². The lowest BCUT2D eigenvalue weighted by atomic mass is 10.1. The van der Waals surface area contributed by atoms with Gasteiger partial charge in [-0.15, -0.1) is 0 Å². The van der Waals surface area contributed by atoms with E-state index in [4.69, 9.17) is 9.47 Å². The molecule has 0 aliphatic heterocycles. The molecule has 0 aliphatic carbocycles. The van der Waals surface area contributed by atoms with Gasteiger partial charge in [0.15, 0.2) is 6.61 Å². The molecule has 1 N–H and O–H groups in total. The number of methoxy groups -OCH3 is 1. The fourth-order valence-corrected chi connectivity index (χ4v) is 2.29. The zero-order valence-corrected chi connectivity index (χ0v) is 14.1. The van der Waals surface area contributed by atoms with Crippen molar-refractivity contribution < 1.29 is 24.0 Å². The average molecular weight is 358 g/mol. The standard InChI is InChI=1S/C18H18N2O6/c1-25-16-9-5-2-6-13(16)10-11-18(22)26-12-17(21)19-14-7-3-4-8-15(14)20(23)24/h2-9H,10-12H2,1H3,(H,19,21). The van der Waals surface area contributed by atoms with Gasteiger partial charge in [-0.3, -0.25) is 19.7 Å². The molecule has 0 aromatic heterocycles. The van der Waals surface area contributed by atoms with E-state index in [1.807, 2.05) is 18.2 Å². The molecular formula is C18H18N2O6. The zero-order chi connectivity index (χ0) is 18.9. The van der Waals surface area contributed by atoms with Crippen molar-refractivity contribution in [2.24, 2.45) is 0 Å². The second-order valence-corrected chi connectivity index (χ2v) is 5.29. The molecule has 0 spiro atoms. The van der Waals surface area contributed by atoms with E-state index in [9.17, 15) is 19.7 Å². The third kappa shape index (κ3) is 5.30. The Morgan fingerprint density at radius 2 is 1.81 bits per heavy atom. The molecule has 0 bridgehead atoms. The summed E-state index contributed by atoms with van der Waals surface area (Å²) < 4.78 is 10.1. The summed E-state index contributed by atoms with van der Waals surface area (Å²) in [5.41, 5.74) is 0.673. The molecular weight excluding hydrogens is 340 g/mol. The quantitative estimate of drug-likeness (QED) is 0.442. The molecule has 0 saturated carbocycles. The Hall–Kier alpha value is -3.42. The van der Waals surface area contributed by atoms with Gasteiger partial charge in [-0.25, -0.2) is 0 Å². The van der Waals surface area contributed by atoms with E-state index >= 15 is 0 Å². The summed E-state index contributed by atoms with van der Waals surface area (Å²) in [5, 5.41) is 13.3. The molecule has 1 amide bonds. The summed E-state index contributed by atoms with van der Waals surface area (Å²) in [7, 11) is 1.55. The molecule has 0 unspecified atom stereocenters. The molecule has 26 heavy (non-hydrogen) atoms. The molecule has 8 heteroatoms. The lowest BCUT2D eigenvalue weighted by molar-refractivity contribution is -0.383. The number of nitro groups is 1. The maximum Gasteiger partial charge on any atom is 0.306 e. The van der Waals surface area contributed by atoms with Crippen LogP contribution in [0.2, 0.25) is 0 Å². The Morgan fingerprint density at radius 3 is 2.54 bits per heavy atom. The highest BCUT2D eigenvalue weighted by atomic mass is 16.6. The molecule has 2 aromatic rings. The molecule has 2 rings (SSSR count). The number of nitrogens with one attached hydrogen (secondary N) is 1.